The van der Waals surface area contributed by atoms with Gasteiger partial charge in [-0.1, -0.05) is 45.7 Å². The third-order valence-electron chi connectivity index (χ3n) is 3.09. The van der Waals surface area contributed by atoms with Crippen molar-refractivity contribution in [3.05, 3.63) is 68.7 Å². The van der Waals surface area contributed by atoms with E-state index in [-0.39, 0.29) is 5.91 Å². The van der Waals surface area contributed by atoms with Gasteiger partial charge in [-0.15, -0.1) is 0 Å². The summed E-state index contributed by atoms with van der Waals surface area (Å²) >= 11 is 9.40. The lowest BCUT2D eigenvalue weighted by Gasteiger charge is -2.19. The van der Waals surface area contributed by atoms with Crippen LogP contribution in [0.15, 0.2) is 46.9 Å². The van der Waals surface area contributed by atoms with E-state index in [4.69, 9.17) is 11.6 Å². The number of halogens is 2. The van der Waals surface area contributed by atoms with Crippen LogP contribution in [0.1, 0.15) is 21.5 Å². The van der Waals surface area contributed by atoms with Gasteiger partial charge in [-0.05, 0) is 42.3 Å². The summed E-state index contributed by atoms with van der Waals surface area (Å²) in [5.41, 5.74) is 2.66. The molecule has 2 nitrogen and oxygen atoms in total. The second-order valence-corrected chi connectivity index (χ2v) is 6.10. The van der Waals surface area contributed by atoms with Gasteiger partial charge in [-0.3, -0.25) is 4.79 Å². The van der Waals surface area contributed by atoms with Crippen molar-refractivity contribution in [2.45, 2.75) is 13.5 Å². The molecule has 0 fully saturated rings. The number of benzene rings is 2. The molecular formula is C16H15BrClNO. The highest BCUT2D eigenvalue weighted by Gasteiger charge is 2.14. The molecule has 0 spiro atoms. The molecule has 104 valence electrons. The van der Waals surface area contributed by atoms with Gasteiger partial charge < -0.3 is 4.90 Å². The fourth-order valence-corrected chi connectivity index (χ4v) is 2.63. The predicted octanol–water partition coefficient (Wildman–Crippen LogP) is 4.68. The summed E-state index contributed by atoms with van der Waals surface area (Å²) in [6.45, 7) is 2.47. The first-order valence-corrected chi connectivity index (χ1v) is 7.40. The first kappa shape index (κ1) is 15.1. The Balaban J connectivity index is 2.18. The van der Waals surface area contributed by atoms with Crippen LogP contribution in [-0.2, 0) is 6.54 Å². The number of carbonyl (C=O) groups excluding carboxylic acids is 1. The highest BCUT2D eigenvalue weighted by atomic mass is 79.9. The van der Waals surface area contributed by atoms with Crippen LogP contribution in [0.25, 0.3) is 0 Å². The number of rotatable bonds is 3. The van der Waals surface area contributed by atoms with E-state index in [2.05, 4.69) is 15.9 Å². The monoisotopic (exact) mass is 351 g/mol. The highest BCUT2D eigenvalue weighted by molar-refractivity contribution is 9.10. The van der Waals surface area contributed by atoms with Gasteiger partial charge in [-0.25, -0.2) is 0 Å². The zero-order valence-electron chi connectivity index (χ0n) is 11.4. The zero-order valence-corrected chi connectivity index (χ0v) is 13.7. The Labute approximate surface area is 132 Å². The van der Waals surface area contributed by atoms with Crippen LogP contribution >= 0.6 is 27.5 Å². The molecule has 0 aromatic heterocycles. The van der Waals surface area contributed by atoms with Crippen LogP contribution in [-0.4, -0.2) is 17.9 Å². The first-order chi connectivity index (χ1) is 9.47. The molecule has 0 aliphatic heterocycles. The Morgan fingerprint density at radius 2 is 2.00 bits per heavy atom. The van der Waals surface area contributed by atoms with Crippen molar-refractivity contribution in [2.75, 3.05) is 7.05 Å². The summed E-state index contributed by atoms with van der Waals surface area (Å²) in [5.74, 6) is -0.0232. The van der Waals surface area contributed by atoms with Crippen molar-refractivity contribution in [3.8, 4) is 0 Å². The molecule has 0 bridgehead atoms. The zero-order chi connectivity index (χ0) is 14.7. The minimum absolute atomic E-state index is 0.0232. The Bertz CT molecular complexity index is 642. The lowest BCUT2D eigenvalue weighted by atomic mass is 10.1. The molecule has 0 aliphatic rings. The molecular weight excluding hydrogens is 338 g/mol. The molecule has 2 aromatic rings. The Hall–Kier alpha value is -1.32. The maximum absolute atomic E-state index is 12.5. The molecule has 0 saturated heterocycles. The normalized spacial score (nSPS) is 10.4. The molecule has 0 atom stereocenters. The van der Waals surface area contributed by atoms with Crippen molar-refractivity contribution in [1.29, 1.82) is 0 Å². The Morgan fingerprint density at radius 3 is 2.70 bits per heavy atom. The minimum Gasteiger partial charge on any atom is -0.337 e. The number of carbonyl (C=O) groups is 1. The van der Waals surface area contributed by atoms with E-state index in [1.807, 2.05) is 37.3 Å². The second-order valence-electron chi connectivity index (χ2n) is 4.75. The van der Waals surface area contributed by atoms with Crippen LogP contribution in [0, 0.1) is 6.92 Å². The van der Waals surface area contributed by atoms with Crippen LogP contribution in [0.4, 0.5) is 0 Å². The number of aryl methyl sites for hydroxylation is 1. The van der Waals surface area contributed by atoms with Crippen molar-refractivity contribution in [3.63, 3.8) is 0 Å². The second kappa shape index (κ2) is 6.42. The van der Waals surface area contributed by atoms with Gasteiger partial charge in [0.1, 0.15) is 0 Å². The van der Waals surface area contributed by atoms with Crippen LogP contribution in [0.3, 0.4) is 0 Å². The summed E-state index contributed by atoms with van der Waals surface area (Å²) < 4.78 is 1.01. The lowest BCUT2D eigenvalue weighted by Crippen LogP contribution is -2.26. The largest absolute Gasteiger partial charge is 0.337 e. The van der Waals surface area contributed by atoms with Gasteiger partial charge in [0.25, 0.3) is 5.91 Å². The summed E-state index contributed by atoms with van der Waals surface area (Å²) in [6, 6.07) is 13.3. The number of nitrogens with zero attached hydrogens (tertiary/aromatic N) is 1. The number of hydrogen-bond donors (Lipinski definition) is 0. The summed E-state index contributed by atoms with van der Waals surface area (Å²) in [5, 5.41) is 0.579. The van der Waals surface area contributed by atoms with E-state index in [0.717, 1.165) is 15.6 Å². The van der Waals surface area contributed by atoms with E-state index in [1.54, 1.807) is 24.1 Å². The molecule has 20 heavy (non-hydrogen) atoms. The van der Waals surface area contributed by atoms with Crippen molar-refractivity contribution < 1.29 is 4.79 Å². The third kappa shape index (κ3) is 3.62. The van der Waals surface area contributed by atoms with E-state index in [1.165, 1.54) is 0 Å². The van der Waals surface area contributed by atoms with Gasteiger partial charge in [0.05, 0.1) is 0 Å². The van der Waals surface area contributed by atoms with Crippen LogP contribution in [0.5, 0.6) is 0 Å². The van der Waals surface area contributed by atoms with Crippen molar-refractivity contribution in [2.24, 2.45) is 0 Å². The van der Waals surface area contributed by atoms with Crippen LogP contribution in [0.2, 0.25) is 5.02 Å². The molecule has 0 unspecified atom stereocenters. The molecule has 0 saturated carbocycles. The predicted molar refractivity (Wildman–Crippen MR) is 86.1 cm³/mol. The van der Waals surface area contributed by atoms with E-state index in [9.17, 15) is 4.79 Å². The maximum atomic E-state index is 12.5. The van der Waals surface area contributed by atoms with Gasteiger partial charge in [-0.2, -0.15) is 0 Å². The van der Waals surface area contributed by atoms with Gasteiger partial charge in [0, 0.05) is 28.7 Å². The average Bonchev–Trinajstić information content (AvgIpc) is 2.40. The summed E-state index contributed by atoms with van der Waals surface area (Å²) in [6.07, 6.45) is 0. The molecule has 0 N–H and O–H groups in total. The van der Waals surface area contributed by atoms with Gasteiger partial charge in [0.15, 0.2) is 0 Å². The van der Waals surface area contributed by atoms with Crippen molar-refractivity contribution >= 4 is 33.4 Å². The van der Waals surface area contributed by atoms with E-state index in [0.29, 0.717) is 17.1 Å². The number of amides is 1. The maximum Gasteiger partial charge on any atom is 0.254 e. The van der Waals surface area contributed by atoms with Crippen LogP contribution < -0.4 is 0 Å². The SMILES string of the molecule is Cc1ccc(Cl)cc1C(=O)N(C)Cc1cccc(Br)c1. The molecule has 2 aromatic carbocycles. The summed E-state index contributed by atoms with van der Waals surface area (Å²) in [7, 11) is 1.80. The molecule has 2 rings (SSSR count). The minimum atomic E-state index is -0.0232. The number of hydrogen-bond acceptors (Lipinski definition) is 1. The van der Waals surface area contributed by atoms with Crippen molar-refractivity contribution in [1.82, 2.24) is 4.90 Å². The molecule has 4 heteroatoms. The lowest BCUT2D eigenvalue weighted by molar-refractivity contribution is 0.0784. The highest BCUT2D eigenvalue weighted by Crippen LogP contribution is 2.18. The Kier molecular flexibility index (Phi) is 4.84. The smallest absolute Gasteiger partial charge is 0.254 e. The van der Waals surface area contributed by atoms with Gasteiger partial charge >= 0.3 is 0 Å². The topological polar surface area (TPSA) is 20.3 Å². The standard InChI is InChI=1S/C16H15BrClNO/c1-11-6-7-14(18)9-15(11)16(20)19(2)10-12-4-3-5-13(17)8-12/h3-9H,10H2,1-2H3. The quantitative estimate of drug-likeness (QED) is 0.785. The first-order valence-electron chi connectivity index (χ1n) is 6.23. The fraction of sp³-hybridized carbons (Fsp3) is 0.188. The van der Waals surface area contributed by atoms with E-state index >= 15 is 0 Å². The fourth-order valence-electron chi connectivity index (χ4n) is 2.01. The molecule has 0 radical (unpaired) electrons. The third-order valence-corrected chi connectivity index (χ3v) is 3.81. The average molecular weight is 353 g/mol. The molecule has 0 heterocycles. The van der Waals surface area contributed by atoms with Gasteiger partial charge in [0.2, 0.25) is 0 Å². The van der Waals surface area contributed by atoms with E-state index < -0.39 is 0 Å². The summed E-state index contributed by atoms with van der Waals surface area (Å²) in [4.78, 5) is 14.2. The Morgan fingerprint density at radius 1 is 1.25 bits per heavy atom. The molecule has 1 amide bonds. The molecule has 0 aliphatic carbocycles.